The Morgan fingerprint density at radius 3 is 2.95 bits per heavy atom. The molecule has 0 saturated carbocycles. The summed E-state index contributed by atoms with van der Waals surface area (Å²) in [6.45, 7) is 2.84. The first kappa shape index (κ1) is 14.3. The lowest BCUT2D eigenvalue weighted by Gasteiger charge is -2.32. The molecule has 1 aliphatic rings. The molecular weight excluding hydrogens is 310 g/mol. The third-order valence-corrected chi connectivity index (χ3v) is 3.85. The molecule has 0 aromatic heterocycles. The number of nitrogens with zero attached hydrogens (tertiary/aromatic N) is 1. The predicted octanol–water partition coefficient (Wildman–Crippen LogP) is 2.20. The summed E-state index contributed by atoms with van der Waals surface area (Å²) in [6, 6.07) is 7.45. The Morgan fingerprint density at radius 1 is 1.53 bits per heavy atom. The summed E-state index contributed by atoms with van der Waals surface area (Å²) in [6.07, 6.45) is 0.648. The Kier molecular flexibility index (Phi) is 4.82. The minimum absolute atomic E-state index is 0.0745. The number of hydrogen-bond donors (Lipinski definition) is 1. The highest BCUT2D eigenvalue weighted by molar-refractivity contribution is 9.10. The van der Waals surface area contributed by atoms with E-state index in [1.165, 1.54) is 0 Å². The molecule has 0 unspecified atom stereocenters. The third kappa shape index (κ3) is 3.70. The van der Waals surface area contributed by atoms with Crippen molar-refractivity contribution in [2.24, 2.45) is 0 Å². The number of piperidine rings is 1. The number of halogens is 1. The molecule has 1 N–H and O–H groups in total. The van der Waals surface area contributed by atoms with E-state index in [4.69, 9.17) is 4.74 Å². The maximum absolute atomic E-state index is 12.2. The average molecular weight is 328 g/mol. The fourth-order valence-electron chi connectivity index (χ4n) is 2.19. The first-order valence-corrected chi connectivity index (χ1v) is 7.25. The van der Waals surface area contributed by atoms with Gasteiger partial charge in [0.25, 0.3) is 5.91 Å². The van der Waals surface area contributed by atoms with Gasteiger partial charge in [0.2, 0.25) is 0 Å². The molecule has 1 aromatic rings. The van der Waals surface area contributed by atoms with Crippen molar-refractivity contribution in [1.82, 2.24) is 4.90 Å². The van der Waals surface area contributed by atoms with E-state index in [0.29, 0.717) is 18.8 Å². The van der Waals surface area contributed by atoms with Crippen LogP contribution in [-0.4, -0.2) is 41.2 Å². The van der Waals surface area contributed by atoms with Crippen LogP contribution < -0.4 is 4.74 Å². The van der Waals surface area contributed by atoms with Crippen LogP contribution in [-0.2, 0) is 4.79 Å². The van der Waals surface area contributed by atoms with Crippen molar-refractivity contribution in [3.63, 3.8) is 0 Å². The van der Waals surface area contributed by atoms with Crippen LogP contribution in [0.3, 0.4) is 0 Å². The van der Waals surface area contributed by atoms with Crippen molar-refractivity contribution in [1.29, 1.82) is 0 Å². The highest BCUT2D eigenvalue weighted by Crippen LogP contribution is 2.25. The van der Waals surface area contributed by atoms with Gasteiger partial charge in [0.1, 0.15) is 5.75 Å². The maximum Gasteiger partial charge on any atom is 0.263 e. The number of benzene rings is 1. The van der Waals surface area contributed by atoms with Crippen molar-refractivity contribution in [3.8, 4) is 5.75 Å². The van der Waals surface area contributed by atoms with Crippen LogP contribution in [0.5, 0.6) is 5.75 Å². The average Bonchev–Trinajstić information content (AvgIpc) is 2.40. The molecular formula is C14H18BrNO3. The van der Waals surface area contributed by atoms with Crippen LogP contribution in [0.4, 0.5) is 0 Å². The van der Waals surface area contributed by atoms with Gasteiger partial charge in [0, 0.05) is 13.1 Å². The van der Waals surface area contributed by atoms with Gasteiger partial charge in [-0.25, -0.2) is 0 Å². The van der Waals surface area contributed by atoms with Crippen molar-refractivity contribution in [2.75, 3.05) is 13.1 Å². The van der Waals surface area contributed by atoms with E-state index in [9.17, 15) is 9.90 Å². The van der Waals surface area contributed by atoms with E-state index in [1.807, 2.05) is 24.3 Å². The number of likely N-dealkylation sites (tertiary alicyclic amines) is 1. The smallest absolute Gasteiger partial charge is 0.263 e. The van der Waals surface area contributed by atoms with Crippen molar-refractivity contribution >= 4 is 21.8 Å². The first-order chi connectivity index (χ1) is 9.08. The van der Waals surface area contributed by atoms with E-state index in [2.05, 4.69) is 15.9 Å². The molecule has 0 spiro atoms. The zero-order valence-corrected chi connectivity index (χ0v) is 12.5. The van der Waals surface area contributed by atoms with E-state index < -0.39 is 12.2 Å². The molecule has 1 aliphatic heterocycles. The number of aliphatic hydroxyl groups excluding tert-OH is 1. The normalized spacial score (nSPS) is 21.0. The lowest BCUT2D eigenvalue weighted by Crippen LogP contribution is -2.47. The zero-order valence-electron chi connectivity index (χ0n) is 10.9. The number of carbonyl (C=O) groups excluding carboxylic acids is 1. The molecule has 2 rings (SSSR count). The molecule has 1 amide bonds. The molecule has 1 heterocycles. The monoisotopic (exact) mass is 327 g/mol. The molecule has 0 radical (unpaired) electrons. The minimum atomic E-state index is -0.552. The van der Waals surface area contributed by atoms with Crippen LogP contribution in [0.25, 0.3) is 0 Å². The minimum Gasteiger partial charge on any atom is -0.480 e. The summed E-state index contributed by atoms with van der Waals surface area (Å²) >= 11 is 3.39. The van der Waals surface area contributed by atoms with Gasteiger partial charge in [-0.2, -0.15) is 0 Å². The zero-order chi connectivity index (χ0) is 13.8. The largest absolute Gasteiger partial charge is 0.480 e. The summed E-state index contributed by atoms with van der Waals surface area (Å²) in [4.78, 5) is 13.9. The summed E-state index contributed by atoms with van der Waals surface area (Å²) in [5.74, 6) is 0.579. The lowest BCUT2D eigenvalue weighted by molar-refractivity contribution is -0.141. The van der Waals surface area contributed by atoms with Gasteiger partial charge >= 0.3 is 0 Å². The molecule has 1 fully saturated rings. The summed E-state index contributed by atoms with van der Waals surface area (Å²) in [5, 5.41) is 9.60. The Morgan fingerprint density at radius 2 is 2.26 bits per heavy atom. The molecule has 5 heteroatoms. The SMILES string of the molecule is C[C@H](Oc1ccccc1Br)C(=O)N1CCC[C@@H](O)C1. The molecule has 1 aromatic carbocycles. The highest BCUT2D eigenvalue weighted by Gasteiger charge is 2.27. The fourth-order valence-corrected chi connectivity index (χ4v) is 2.57. The van der Waals surface area contributed by atoms with Crippen molar-refractivity contribution in [2.45, 2.75) is 32.0 Å². The van der Waals surface area contributed by atoms with Crippen LogP contribution in [0.2, 0.25) is 0 Å². The van der Waals surface area contributed by atoms with Crippen LogP contribution in [0.15, 0.2) is 28.7 Å². The third-order valence-electron chi connectivity index (χ3n) is 3.20. The molecule has 19 heavy (non-hydrogen) atoms. The summed E-state index contributed by atoms with van der Waals surface area (Å²) in [5.41, 5.74) is 0. The van der Waals surface area contributed by atoms with Crippen molar-refractivity contribution in [3.05, 3.63) is 28.7 Å². The standard InChI is InChI=1S/C14H18BrNO3/c1-10(19-13-7-3-2-6-12(13)15)14(18)16-8-4-5-11(17)9-16/h2-3,6-7,10-11,17H,4-5,8-9H2,1H3/t10-,11+/m0/s1. The second kappa shape index (κ2) is 6.39. The number of aliphatic hydroxyl groups is 1. The van der Waals surface area contributed by atoms with Gasteiger partial charge in [0.05, 0.1) is 10.6 Å². The molecule has 4 nitrogen and oxygen atoms in total. The summed E-state index contributed by atoms with van der Waals surface area (Å²) < 4.78 is 6.50. The predicted molar refractivity (Wildman–Crippen MR) is 76.1 cm³/mol. The number of hydrogen-bond acceptors (Lipinski definition) is 3. The topological polar surface area (TPSA) is 49.8 Å². The van der Waals surface area contributed by atoms with Gasteiger partial charge in [0.15, 0.2) is 6.10 Å². The van der Waals surface area contributed by atoms with E-state index in [1.54, 1.807) is 11.8 Å². The Balaban J connectivity index is 1.97. The number of β-amino-alcohol motifs (C(OH)–C–C–N with tert-alkyl or cyclic N) is 1. The maximum atomic E-state index is 12.2. The fraction of sp³-hybridized carbons (Fsp3) is 0.500. The van der Waals surface area contributed by atoms with Crippen LogP contribution >= 0.6 is 15.9 Å². The number of ether oxygens (including phenoxy) is 1. The molecule has 0 bridgehead atoms. The molecule has 104 valence electrons. The molecule has 0 aliphatic carbocycles. The Bertz CT molecular complexity index is 452. The van der Waals surface area contributed by atoms with E-state index >= 15 is 0 Å². The Labute approximate surface area is 121 Å². The second-order valence-electron chi connectivity index (χ2n) is 4.77. The summed E-state index contributed by atoms with van der Waals surface area (Å²) in [7, 11) is 0. The van der Waals surface area contributed by atoms with Gasteiger partial charge in [-0.05, 0) is 47.8 Å². The lowest BCUT2D eigenvalue weighted by atomic mass is 10.1. The van der Waals surface area contributed by atoms with Gasteiger partial charge < -0.3 is 14.7 Å². The quantitative estimate of drug-likeness (QED) is 0.925. The second-order valence-corrected chi connectivity index (χ2v) is 5.63. The highest BCUT2D eigenvalue weighted by atomic mass is 79.9. The van der Waals surface area contributed by atoms with Crippen LogP contribution in [0, 0.1) is 0 Å². The van der Waals surface area contributed by atoms with Crippen LogP contribution in [0.1, 0.15) is 19.8 Å². The van der Waals surface area contributed by atoms with E-state index in [0.717, 1.165) is 17.3 Å². The first-order valence-electron chi connectivity index (χ1n) is 6.46. The number of carbonyl (C=O) groups is 1. The Hall–Kier alpha value is -1.07. The number of para-hydroxylation sites is 1. The van der Waals surface area contributed by atoms with Gasteiger partial charge in [-0.15, -0.1) is 0 Å². The molecule has 2 atom stereocenters. The number of rotatable bonds is 3. The van der Waals surface area contributed by atoms with E-state index in [-0.39, 0.29) is 5.91 Å². The molecule has 1 saturated heterocycles. The van der Waals surface area contributed by atoms with Gasteiger partial charge in [-0.1, -0.05) is 12.1 Å². The van der Waals surface area contributed by atoms with Crippen molar-refractivity contribution < 1.29 is 14.6 Å². The number of amides is 1. The van der Waals surface area contributed by atoms with Gasteiger partial charge in [-0.3, -0.25) is 4.79 Å².